The van der Waals surface area contributed by atoms with E-state index in [0.717, 1.165) is 44.4 Å². The summed E-state index contributed by atoms with van der Waals surface area (Å²) in [6.45, 7) is 0. The Morgan fingerprint density at radius 1 is 0.241 bits per heavy atom. The quantitative estimate of drug-likeness (QED) is 0.159. The molecule has 2 nitrogen and oxygen atoms in total. The third-order valence-corrected chi connectivity index (χ3v) is 11.4. The van der Waals surface area contributed by atoms with Crippen LogP contribution < -0.4 is 0 Å². The molecule has 0 spiro atoms. The van der Waals surface area contributed by atoms with Crippen molar-refractivity contribution in [2.45, 2.75) is 0 Å². The number of aromatic nitrogens is 2. The first-order chi connectivity index (χ1) is 28.7. The molecule has 0 saturated carbocycles. The normalized spacial score (nSPS) is 11.4. The fraction of sp³-hybridized carbons (Fsp3) is 0. The van der Waals surface area contributed by atoms with Crippen molar-refractivity contribution in [1.29, 1.82) is 0 Å². The van der Waals surface area contributed by atoms with Gasteiger partial charge in [-0.3, -0.25) is 0 Å². The minimum Gasteiger partial charge on any atom is -0.228 e. The average molecular weight is 737 g/mol. The molecule has 0 unspecified atom stereocenters. The zero-order valence-electron chi connectivity index (χ0n) is 31.7. The molecule has 0 bridgehead atoms. The highest BCUT2D eigenvalue weighted by Gasteiger charge is 2.18. The Morgan fingerprint density at radius 3 is 1.31 bits per heavy atom. The second kappa shape index (κ2) is 14.1. The van der Waals surface area contributed by atoms with Crippen molar-refractivity contribution < 1.29 is 0 Å². The number of nitrogens with zero attached hydrogens (tertiary/aromatic N) is 2. The number of rotatable bonds is 6. The van der Waals surface area contributed by atoms with E-state index in [9.17, 15) is 0 Å². The van der Waals surface area contributed by atoms with E-state index in [1.165, 1.54) is 60.1 Å². The minimum atomic E-state index is 0.704. The molecular weight excluding hydrogens is 701 g/mol. The molecule has 0 aliphatic carbocycles. The SMILES string of the molecule is c1ccc(-c2cc(-c3cc(-c4ccc5cc(-c6c7ccccc7c(-c7ccccc7)c7ccccc67)ccc5c4)nc(-c4ccccc4)n3)c3ccccc3c2)cc1. The van der Waals surface area contributed by atoms with Gasteiger partial charge in [-0.2, -0.15) is 0 Å². The maximum atomic E-state index is 5.26. The third-order valence-electron chi connectivity index (χ3n) is 11.4. The van der Waals surface area contributed by atoms with Crippen molar-refractivity contribution in [3.05, 3.63) is 218 Å². The summed E-state index contributed by atoms with van der Waals surface area (Å²) in [6.07, 6.45) is 0. The van der Waals surface area contributed by atoms with E-state index in [-0.39, 0.29) is 0 Å². The lowest BCUT2D eigenvalue weighted by molar-refractivity contribution is 1.19. The fourth-order valence-corrected chi connectivity index (χ4v) is 8.69. The van der Waals surface area contributed by atoms with Crippen LogP contribution in [0, 0.1) is 0 Å². The fourth-order valence-electron chi connectivity index (χ4n) is 8.69. The van der Waals surface area contributed by atoms with Gasteiger partial charge in [-0.05, 0) is 107 Å². The van der Waals surface area contributed by atoms with Crippen LogP contribution in [0.25, 0.3) is 110 Å². The minimum absolute atomic E-state index is 0.704. The molecule has 0 aliphatic heterocycles. The van der Waals surface area contributed by atoms with Gasteiger partial charge in [0.15, 0.2) is 5.82 Å². The Hall–Kier alpha value is -7.68. The topological polar surface area (TPSA) is 25.8 Å². The van der Waals surface area contributed by atoms with Gasteiger partial charge in [0.05, 0.1) is 11.4 Å². The van der Waals surface area contributed by atoms with Crippen molar-refractivity contribution >= 4 is 43.1 Å². The van der Waals surface area contributed by atoms with E-state index in [1.54, 1.807) is 0 Å². The van der Waals surface area contributed by atoms with Crippen LogP contribution in [0.3, 0.4) is 0 Å². The Labute approximate surface area is 337 Å². The van der Waals surface area contributed by atoms with Gasteiger partial charge >= 0.3 is 0 Å². The molecule has 11 rings (SSSR count). The van der Waals surface area contributed by atoms with Gasteiger partial charge in [-0.15, -0.1) is 0 Å². The van der Waals surface area contributed by atoms with Crippen LogP contribution in [0.15, 0.2) is 218 Å². The van der Waals surface area contributed by atoms with E-state index in [0.29, 0.717) is 5.82 Å². The molecule has 0 fully saturated rings. The van der Waals surface area contributed by atoms with Gasteiger partial charge in [0.2, 0.25) is 0 Å². The van der Waals surface area contributed by atoms with Gasteiger partial charge in [0, 0.05) is 16.7 Å². The molecule has 0 atom stereocenters. The molecule has 0 radical (unpaired) electrons. The lowest BCUT2D eigenvalue weighted by atomic mass is 9.85. The third kappa shape index (κ3) is 5.91. The first kappa shape index (κ1) is 33.6. The number of hydrogen-bond donors (Lipinski definition) is 0. The van der Waals surface area contributed by atoms with Crippen molar-refractivity contribution in [3.8, 4) is 67.3 Å². The van der Waals surface area contributed by atoms with Crippen molar-refractivity contribution in [2.75, 3.05) is 0 Å². The molecule has 2 heteroatoms. The summed E-state index contributed by atoms with van der Waals surface area (Å²) < 4.78 is 0. The molecule has 11 aromatic rings. The van der Waals surface area contributed by atoms with Crippen LogP contribution in [0.2, 0.25) is 0 Å². The van der Waals surface area contributed by atoms with Gasteiger partial charge in [0.25, 0.3) is 0 Å². The van der Waals surface area contributed by atoms with E-state index in [1.807, 2.05) is 18.2 Å². The number of hydrogen-bond acceptors (Lipinski definition) is 2. The van der Waals surface area contributed by atoms with Crippen LogP contribution in [0.4, 0.5) is 0 Å². The van der Waals surface area contributed by atoms with E-state index >= 15 is 0 Å². The van der Waals surface area contributed by atoms with Crippen LogP contribution >= 0.6 is 0 Å². The second-order valence-corrected chi connectivity index (χ2v) is 14.9. The Morgan fingerprint density at radius 2 is 0.690 bits per heavy atom. The van der Waals surface area contributed by atoms with Crippen LogP contribution in [-0.4, -0.2) is 9.97 Å². The van der Waals surface area contributed by atoms with Crippen LogP contribution in [-0.2, 0) is 0 Å². The van der Waals surface area contributed by atoms with Gasteiger partial charge in [-0.1, -0.05) is 188 Å². The number of benzene rings is 10. The van der Waals surface area contributed by atoms with Gasteiger partial charge in [0.1, 0.15) is 0 Å². The smallest absolute Gasteiger partial charge is 0.160 e. The number of fused-ring (bicyclic) bond motifs is 4. The Balaban J connectivity index is 1.07. The lowest BCUT2D eigenvalue weighted by Gasteiger charge is -2.18. The standard InChI is InChI=1S/C56H36N2/c1-4-16-37(17-5-1)45-34-42-22-10-11-23-46(42)51(35-45)53-36-52(57-56(58-53)39-20-8-3-9-21-39)43-30-28-41-33-44(31-29-40(41)32-43)55-49-26-14-12-24-47(49)54(38-18-6-2-7-19-38)48-25-13-15-27-50(48)55/h1-36H. The summed E-state index contributed by atoms with van der Waals surface area (Å²) in [5.74, 6) is 0.704. The maximum Gasteiger partial charge on any atom is 0.160 e. The summed E-state index contributed by atoms with van der Waals surface area (Å²) >= 11 is 0. The van der Waals surface area contributed by atoms with Gasteiger partial charge < -0.3 is 0 Å². The largest absolute Gasteiger partial charge is 0.228 e. The molecule has 0 amide bonds. The van der Waals surface area contributed by atoms with Crippen molar-refractivity contribution in [2.24, 2.45) is 0 Å². The first-order valence-corrected chi connectivity index (χ1v) is 19.8. The highest BCUT2D eigenvalue weighted by molar-refractivity contribution is 6.21. The summed E-state index contributed by atoms with van der Waals surface area (Å²) in [4.78, 5) is 10.5. The monoisotopic (exact) mass is 736 g/mol. The van der Waals surface area contributed by atoms with E-state index < -0.39 is 0 Å². The van der Waals surface area contributed by atoms with E-state index in [2.05, 4.69) is 200 Å². The molecule has 58 heavy (non-hydrogen) atoms. The Bertz CT molecular complexity index is 3260. The lowest BCUT2D eigenvalue weighted by Crippen LogP contribution is -1.97. The molecular formula is C56H36N2. The summed E-state index contributed by atoms with van der Waals surface area (Å²) in [6, 6.07) is 78.3. The molecule has 1 heterocycles. The molecule has 0 saturated heterocycles. The second-order valence-electron chi connectivity index (χ2n) is 14.9. The molecule has 0 N–H and O–H groups in total. The van der Waals surface area contributed by atoms with Gasteiger partial charge in [-0.25, -0.2) is 9.97 Å². The molecule has 0 aliphatic rings. The van der Waals surface area contributed by atoms with Crippen molar-refractivity contribution in [1.82, 2.24) is 9.97 Å². The first-order valence-electron chi connectivity index (χ1n) is 19.8. The Kier molecular flexibility index (Phi) is 8.19. The van der Waals surface area contributed by atoms with Crippen LogP contribution in [0.1, 0.15) is 0 Å². The zero-order chi connectivity index (χ0) is 38.4. The summed E-state index contributed by atoms with van der Waals surface area (Å²) in [5.41, 5.74) is 12.2. The maximum absolute atomic E-state index is 5.26. The van der Waals surface area contributed by atoms with E-state index in [4.69, 9.17) is 9.97 Å². The van der Waals surface area contributed by atoms with Crippen LogP contribution in [0.5, 0.6) is 0 Å². The molecule has 10 aromatic carbocycles. The molecule has 1 aromatic heterocycles. The highest BCUT2D eigenvalue weighted by atomic mass is 14.9. The highest BCUT2D eigenvalue weighted by Crippen LogP contribution is 2.44. The predicted octanol–water partition coefficient (Wildman–Crippen LogP) is 15.1. The average Bonchev–Trinajstić information content (AvgIpc) is 3.30. The molecule has 270 valence electrons. The summed E-state index contributed by atoms with van der Waals surface area (Å²) in [5, 5.41) is 9.70. The zero-order valence-corrected chi connectivity index (χ0v) is 31.7. The summed E-state index contributed by atoms with van der Waals surface area (Å²) in [7, 11) is 0. The predicted molar refractivity (Wildman–Crippen MR) is 245 cm³/mol. The van der Waals surface area contributed by atoms with Crippen molar-refractivity contribution in [3.63, 3.8) is 0 Å².